The summed E-state index contributed by atoms with van der Waals surface area (Å²) in [4.78, 5) is 53.0. The maximum atomic E-state index is 9.58. The average Bonchev–Trinajstić information content (AvgIpc) is 2.60. The molecule has 0 aromatic rings. The molecule has 0 aromatic heterocycles. The second-order valence-corrected chi connectivity index (χ2v) is 7.84. The predicted molar refractivity (Wildman–Crippen MR) is 88.9 cm³/mol. The first kappa shape index (κ1) is 26.8. The molecule has 0 aromatic carbocycles. The van der Waals surface area contributed by atoms with E-state index in [2.05, 4.69) is 13.6 Å². The Labute approximate surface area is 153 Å². The molecule has 9 N–H and O–H groups in total. The lowest BCUT2D eigenvalue weighted by molar-refractivity contribution is -0.0967. The molecule has 0 heterocycles. The molecule has 26 heavy (non-hydrogen) atoms. The van der Waals surface area contributed by atoms with Crippen molar-refractivity contribution < 1.29 is 63.0 Å². The second-order valence-electron chi connectivity index (χ2n) is 5.55. The number of ether oxygens (including phenoxy) is 1. The predicted octanol–water partition coefficient (Wildman–Crippen LogP) is -2.36. The van der Waals surface area contributed by atoms with Crippen molar-refractivity contribution in [3.8, 4) is 0 Å². The molecule has 16 heteroatoms. The third-order valence-electron chi connectivity index (χ3n) is 3.28. The highest BCUT2D eigenvalue weighted by Gasteiger charge is 2.36. The first-order valence-electron chi connectivity index (χ1n) is 6.97. The molecule has 0 unspecified atom stereocenters. The molecule has 0 aliphatic rings. The molecule has 0 spiro atoms. The fraction of sp³-hybridized carbons (Fsp3) is 1.00. The van der Waals surface area contributed by atoms with Crippen LogP contribution in [-0.4, -0.2) is 97.5 Å². The zero-order valence-corrected chi connectivity index (χ0v) is 16.3. The Hall–Kier alpha value is 0.770. The van der Waals surface area contributed by atoms with Gasteiger partial charge in [0.05, 0.1) is 63.7 Å². The quantitative estimate of drug-likeness (QED) is 0.113. The molecule has 0 amide bonds. The van der Waals surface area contributed by atoms with E-state index in [1.807, 2.05) is 0 Å². The first-order chi connectivity index (χ1) is 12.1. The van der Waals surface area contributed by atoms with Gasteiger partial charge in [-0.3, -0.25) is 0 Å². The second kappa shape index (κ2) is 13.9. The van der Waals surface area contributed by atoms with Crippen LogP contribution in [0.1, 0.15) is 0 Å². The molecular weight excluding hydrogens is 421 g/mol. The van der Waals surface area contributed by atoms with E-state index in [9.17, 15) is 15.3 Å². The Morgan fingerprint density at radius 2 is 0.808 bits per heavy atom. The standard InChI is InChI=1S/C10H25O13P3/c11-1-9(2-12,6-21-24(14)15)4-20-5-10(3-13,7-22-25(16)17)8-23-26(18)19/h11-19H,1-8H2. The van der Waals surface area contributed by atoms with Gasteiger partial charge >= 0.3 is 25.8 Å². The molecule has 0 bridgehead atoms. The van der Waals surface area contributed by atoms with Crippen molar-refractivity contribution in [2.75, 3.05) is 52.9 Å². The highest BCUT2D eigenvalue weighted by atomic mass is 31.2. The van der Waals surface area contributed by atoms with Crippen LogP contribution in [0.25, 0.3) is 0 Å². The molecule has 13 nitrogen and oxygen atoms in total. The molecule has 0 aliphatic heterocycles. The highest BCUT2D eigenvalue weighted by Crippen LogP contribution is 2.34. The zero-order chi connectivity index (χ0) is 20.2. The van der Waals surface area contributed by atoms with Crippen molar-refractivity contribution >= 4 is 25.8 Å². The highest BCUT2D eigenvalue weighted by molar-refractivity contribution is 7.39. The van der Waals surface area contributed by atoms with Gasteiger partial charge in [-0.15, -0.1) is 0 Å². The van der Waals surface area contributed by atoms with E-state index < -0.39 is 76.3 Å². The van der Waals surface area contributed by atoms with E-state index in [-0.39, 0.29) is 13.2 Å². The molecule has 0 radical (unpaired) electrons. The van der Waals surface area contributed by atoms with E-state index in [1.54, 1.807) is 0 Å². The molecule has 0 saturated carbocycles. The van der Waals surface area contributed by atoms with Gasteiger partial charge in [0.15, 0.2) is 0 Å². The summed E-state index contributed by atoms with van der Waals surface area (Å²) in [5, 5.41) is 28.4. The van der Waals surface area contributed by atoms with Crippen molar-refractivity contribution in [3.63, 3.8) is 0 Å². The fourth-order valence-electron chi connectivity index (χ4n) is 1.60. The zero-order valence-electron chi connectivity index (χ0n) is 13.7. The van der Waals surface area contributed by atoms with Crippen LogP contribution in [0.3, 0.4) is 0 Å². The molecule has 0 saturated heterocycles. The van der Waals surface area contributed by atoms with Gasteiger partial charge < -0.3 is 63.0 Å². The van der Waals surface area contributed by atoms with Crippen LogP contribution in [0.15, 0.2) is 0 Å². The minimum absolute atomic E-state index is 0.342. The number of aliphatic hydroxyl groups is 3. The maximum Gasteiger partial charge on any atom is 0.327 e. The van der Waals surface area contributed by atoms with Gasteiger partial charge in [-0.25, -0.2) is 0 Å². The van der Waals surface area contributed by atoms with Gasteiger partial charge in [0.1, 0.15) is 0 Å². The third kappa shape index (κ3) is 10.9. The largest absolute Gasteiger partial charge is 0.396 e. The number of hydrogen-bond acceptors (Lipinski definition) is 13. The maximum absolute atomic E-state index is 9.58. The van der Waals surface area contributed by atoms with E-state index in [4.69, 9.17) is 34.1 Å². The molecule has 0 aliphatic carbocycles. The SMILES string of the molecule is OCC(CO)(COCC(CO)(COP(O)O)COP(O)O)COP(O)O. The van der Waals surface area contributed by atoms with Crippen LogP contribution in [0.5, 0.6) is 0 Å². The summed E-state index contributed by atoms with van der Waals surface area (Å²) in [5.74, 6) is 0. The molecule has 0 rings (SSSR count). The van der Waals surface area contributed by atoms with Crippen LogP contribution in [0, 0.1) is 10.8 Å². The van der Waals surface area contributed by atoms with E-state index in [1.165, 1.54) is 0 Å². The summed E-state index contributed by atoms with van der Waals surface area (Å²) in [6, 6.07) is 0. The Kier molecular flexibility index (Phi) is 14.3. The Morgan fingerprint density at radius 3 is 1.12 bits per heavy atom. The number of rotatable bonds is 16. The molecule has 0 fully saturated rings. The minimum atomic E-state index is -2.75. The minimum Gasteiger partial charge on any atom is -0.396 e. The van der Waals surface area contributed by atoms with E-state index in [0.29, 0.717) is 0 Å². The van der Waals surface area contributed by atoms with Crippen molar-refractivity contribution in [1.82, 2.24) is 0 Å². The summed E-state index contributed by atoms with van der Waals surface area (Å²) in [6.45, 7) is -3.96. The summed E-state index contributed by atoms with van der Waals surface area (Å²) >= 11 is 0. The fourth-order valence-corrected chi connectivity index (χ4v) is 2.77. The van der Waals surface area contributed by atoms with Crippen molar-refractivity contribution in [2.45, 2.75) is 0 Å². The van der Waals surface area contributed by atoms with E-state index >= 15 is 0 Å². The lowest BCUT2D eigenvalue weighted by atomic mass is 9.91. The topological polar surface area (TPSA) is 219 Å². The van der Waals surface area contributed by atoms with Crippen LogP contribution in [-0.2, 0) is 18.3 Å². The Balaban J connectivity index is 4.90. The molecule has 0 atom stereocenters. The van der Waals surface area contributed by atoms with Gasteiger partial charge in [-0.05, 0) is 0 Å². The van der Waals surface area contributed by atoms with Gasteiger partial charge in [0.2, 0.25) is 0 Å². The average molecular weight is 446 g/mol. The van der Waals surface area contributed by atoms with Crippen molar-refractivity contribution in [3.05, 3.63) is 0 Å². The van der Waals surface area contributed by atoms with Gasteiger partial charge in [0.25, 0.3) is 0 Å². The Bertz CT molecular complexity index is 343. The summed E-state index contributed by atoms with van der Waals surface area (Å²) < 4.78 is 19.3. The van der Waals surface area contributed by atoms with Crippen molar-refractivity contribution in [2.24, 2.45) is 10.8 Å². The van der Waals surface area contributed by atoms with Crippen molar-refractivity contribution in [1.29, 1.82) is 0 Å². The van der Waals surface area contributed by atoms with Crippen LogP contribution in [0.2, 0.25) is 0 Å². The summed E-state index contributed by atoms with van der Waals surface area (Å²) in [6.07, 6.45) is 0. The van der Waals surface area contributed by atoms with Crippen LogP contribution >= 0.6 is 25.8 Å². The lowest BCUT2D eigenvalue weighted by Crippen LogP contribution is -2.44. The Morgan fingerprint density at radius 1 is 0.500 bits per heavy atom. The smallest absolute Gasteiger partial charge is 0.327 e. The van der Waals surface area contributed by atoms with Gasteiger partial charge in [-0.2, -0.15) is 0 Å². The summed E-state index contributed by atoms with van der Waals surface area (Å²) in [7, 11) is -8.21. The summed E-state index contributed by atoms with van der Waals surface area (Å²) in [5.41, 5.74) is -2.79. The lowest BCUT2D eigenvalue weighted by Gasteiger charge is -2.34. The molecule has 158 valence electrons. The van der Waals surface area contributed by atoms with Gasteiger partial charge in [0, 0.05) is 0 Å². The third-order valence-corrected chi connectivity index (χ3v) is 4.36. The van der Waals surface area contributed by atoms with Gasteiger partial charge in [-0.1, -0.05) is 0 Å². The molecular formula is C10H25O13P3. The normalized spacial score (nSPS) is 13.4. The monoisotopic (exact) mass is 446 g/mol. The van der Waals surface area contributed by atoms with E-state index in [0.717, 1.165) is 0 Å². The first-order valence-corrected chi connectivity index (χ1v) is 10.5. The van der Waals surface area contributed by atoms with Crippen LogP contribution < -0.4 is 0 Å². The van der Waals surface area contributed by atoms with Crippen LogP contribution in [0.4, 0.5) is 0 Å². The number of hydrogen-bond donors (Lipinski definition) is 9. The number of aliphatic hydroxyl groups excluding tert-OH is 3.